The highest BCUT2D eigenvalue weighted by molar-refractivity contribution is 5.71. The summed E-state index contributed by atoms with van der Waals surface area (Å²) in [7, 11) is 0. The van der Waals surface area contributed by atoms with Crippen LogP contribution in [0.15, 0.2) is 30.3 Å². The maximum atomic E-state index is 11.6. The highest BCUT2D eigenvalue weighted by Gasteiger charge is 2.17. The molecule has 20 heavy (non-hydrogen) atoms. The first-order chi connectivity index (χ1) is 9.71. The lowest BCUT2D eigenvalue weighted by atomic mass is 10.00. The Morgan fingerprint density at radius 3 is 2.60 bits per heavy atom. The molecule has 1 atom stereocenters. The number of rotatable bonds is 8. The molecule has 4 nitrogen and oxygen atoms in total. The lowest BCUT2D eigenvalue weighted by Gasteiger charge is -2.23. The van der Waals surface area contributed by atoms with Crippen molar-refractivity contribution >= 4 is 5.97 Å². The first kappa shape index (κ1) is 16.2. The van der Waals surface area contributed by atoms with Gasteiger partial charge in [0.05, 0.1) is 25.1 Å². The van der Waals surface area contributed by atoms with Gasteiger partial charge in [-0.2, -0.15) is 5.26 Å². The van der Waals surface area contributed by atoms with Crippen LogP contribution < -0.4 is 0 Å². The molecule has 0 saturated heterocycles. The van der Waals surface area contributed by atoms with Crippen molar-refractivity contribution in [3.05, 3.63) is 35.9 Å². The highest BCUT2D eigenvalue weighted by atomic mass is 16.5. The van der Waals surface area contributed by atoms with Gasteiger partial charge in [0.2, 0.25) is 0 Å². The Kier molecular flexibility index (Phi) is 7.38. The molecule has 0 aliphatic heterocycles. The molecule has 108 valence electrons. The molecule has 0 N–H and O–H groups in total. The van der Waals surface area contributed by atoms with E-state index in [0.29, 0.717) is 13.2 Å². The zero-order valence-corrected chi connectivity index (χ0v) is 12.2. The summed E-state index contributed by atoms with van der Waals surface area (Å²) in [5.41, 5.74) is 0.986. The van der Waals surface area contributed by atoms with Gasteiger partial charge >= 0.3 is 5.97 Å². The average Bonchev–Trinajstić information content (AvgIpc) is 2.46. The second-order valence-electron chi connectivity index (χ2n) is 4.63. The Balaban J connectivity index is 2.68. The summed E-state index contributed by atoms with van der Waals surface area (Å²) in [6.07, 6.45) is 0.937. The van der Waals surface area contributed by atoms with Crippen molar-refractivity contribution in [2.75, 3.05) is 26.2 Å². The van der Waals surface area contributed by atoms with E-state index < -0.39 is 0 Å². The molecule has 4 heteroatoms. The molecule has 1 rings (SSSR count). The number of carbonyl (C=O) groups excluding carboxylic acids is 1. The van der Waals surface area contributed by atoms with E-state index >= 15 is 0 Å². The van der Waals surface area contributed by atoms with Crippen molar-refractivity contribution in [1.29, 1.82) is 5.26 Å². The highest BCUT2D eigenvalue weighted by Crippen LogP contribution is 2.16. The number of benzene rings is 1. The van der Waals surface area contributed by atoms with E-state index in [1.54, 1.807) is 6.92 Å². The van der Waals surface area contributed by atoms with E-state index in [2.05, 4.69) is 13.0 Å². The third-order valence-electron chi connectivity index (χ3n) is 3.00. The second kappa shape index (κ2) is 9.11. The molecule has 0 amide bonds. The summed E-state index contributed by atoms with van der Waals surface area (Å²) < 4.78 is 4.98. The monoisotopic (exact) mass is 274 g/mol. The number of carbonyl (C=O) groups is 1. The number of ether oxygens (including phenoxy) is 1. The Bertz CT molecular complexity index is 440. The van der Waals surface area contributed by atoms with Crippen LogP contribution in [0.25, 0.3) is 0 Å². The van der Waals surface area contributed by atoms with Crippen molar-refractivity contribution in [2.45, 2.75) is 26.2 Å². The summed E-state index contributed by atoms with van der Waals surface area (Å²) in [4.78, 5) is 13.6. The molecule has 0 saturated carbocycles. The zero-order chi connectivity index (χ0) is 14.8. The van der Waals surface area contributed by atoms with Crippen LogP contribution in [0.2, 0.25) is 0 Å². The Labute approximate surface area is 121 Å². The molecule has 0 aromatic heterocycles. The van der Waals surface area contributed by atoms with Gasteiger partial charge in [0.15, 0.2) is 0 Å². The quantitative estimate of drug-likeness (QED) is 0.684. The fraction of sp³-hybridized carbons (Fsp3) is 0.500. The third kappa shape index (κ3) is 5.41. The van der Waals surface area contributed by atoms with Gasteiger partial charge in [-0.05, 0) is 25.5 Å². The van der Waals surface area contributed by atoms with Gasteiger partial charge in [-0.1, -0.05) is 37.3 Å². The smallest absolute Gasteiger partial charge is 0.320 e. The molecule has 1 aromatic carbocycles. The largest absolute Gasteiger partial charge is 0.465 e. The minimum atomic E-state index is -0.231. The summed E-state index contributed by atoms with van der Waals surface area (Å²) in [6, 6.07) is 12.0. The van der Waals surface area contributed by atoms with Gasteiger partial charge in [-0.15, -0.1) is 0 Å². The predicted molar refractivity (Wildman–Crippen MR) is 78.2 cm³/mol. The minimum Gasteiger partial charge on any atom is -0.465 e. The number of esters is 1. The molecule has 1 unspecified atom stereocenters. The van der Waals surface area contributed by atoms with Crippen molar-refractivity contribution in [2.24, 2.45) is 0 Å². The zero-order valence-electron chi connectivity index (χ0n) is 12.2. The molecule has 0 bridgehead atoms. The van der Waals surface area contributed by atoms with Crippen LogP contribution in [-0.2, 0) is 9.53 Å². The minimum absolute atomic E-state index is 0.225. The lowest BCUT2D eigenvalue weighted by molar-refractivity contribution is -0.144. The standard InChI is InChI=1S/C16H22N2O2/c1-3-10-18(13-16(19)20-4-2)12-15(11-17)14-8-6-5-7-9-14/h5-9,15H,3-4,10,12-13H2,1-2H3. The SMILES string of the molecule is CCCN(CC(=O)OCC)CC(C#N)c1ccccc1. The fourth-order valence-corrected chi connectivity index (χ4v) is 2.10. The maximum absolute atomic E-state index is 11.6. The van der Waals surface area contributed by atoms with Gasteiger partial charge in [0.1, 0.15) is 0 Å². The molecule has 0 radical (unpaired) electrons. The summed E-state index contributed by atoms with van der Waals surface area (Å²) in [5.74, 6) is -0.456. The fourth-order valence-electron chi connectivity index (χ4n) is 2.10. The van der Waals surface area contributed by atoms with Gasteiger partial charge < -0.3 is 4.74 Å². The number of hydrogen-bond donors (Lipinski definition) is 0. The van der Waals surface area contributed by atoms with Gasteiger partial charge in [-0.25, -0.2) is 0 Å². The van der Waals surface area contributed by atoms with Crippen LogP contribution in [-0.4, -0.2) is 37.1 Å². The average molecular weight is 274 g/mol. The molecule has 0 aliphatic rings. The van der Waals surface area contributed by atoms with Crippen LogP contribution in [0.1, 0.15) is 31.7 Å². The van der Waals surface area contributed by atoms with Crippen molar-refractivity contribution in [3.8, 4) is 6.07 Å². The van der Waals surface area contributed by atoms with Crippen molar-refractivity contribution in [3.63, 3.8) is 0 Å². The first-order valence-corrected chi connectivity index (χ1v) is 7.03. The van der Waals surface area contributed by atoms with Crippen LogP contribution in [0.5, 0.6) is 0 Å². The van der Waals surface area contributed by atoms with Crippen LogP contribution in [0.3, 0.4) is 0 Å². The first-order valence-electron chi connectivity index (χ1n) is 7.03. The van der Waals surface area contributed by atoms with Crippen LogP contribution in [0.4, 0.5) is 0 Å². The van der Waals surface area contributed by atoms with Crippen molar-refractivity contribution < 1.29 is 9.53 Å². The third-order valence-corrected chi connectivity index (χ3v) is 3.00. The van der Waals surface area contributed by atoms with Gasteiger partial charge in [-0.3, -0.25) is 9.69 Å². The van der Waals surface area contributed by atoms with Gasteiger partial charge in [0.25, 0.3) is 0 Å². The predicted octanol–water partition coefficient (Wildman–Crippen LogP) is 2.57. The van der Waals surface area contributed by atoms with Crippen LogP contribution in [0, 0.1) is 11.3 Å². The molecule has 1 aromatic rings. The van der Waals surface area contributed by atoms with E-state index in [1.165, 1.54) is 0 Å². The molecule has 0 aliphatic carbocycles. The summed E-state index contributed by atoms with van der Waals surface area (Å²) >= 11 is 0. The molecule has 0 fully saturated rings. The Hall–Kier alpha value is -1.86. The number of nitrogens with zero attached hydrogens (tertiary/aromatic N) is 2. The summed E-state index contributed by atoms with van der Waals surface area (Å²) in [6.45, 7) is 5.81. The van der Waals surface area contributed by atoms with Gasteiger partial charge in [0, 0.05) is 6.54 Å². The van der Waals surface area contributed by atoms with Crippen molar-refractivity contribution in [1.82, 2.24) is 4.90 Å². The molecule has 0 heterocycles. The van der Waals surface area contributed by atoms with Crippen LogP contribution >= 0.6 is 0 Å². The molecule has 0 spiro atoms. The van der Waals surface area contributed by atoms with E-state index in [-0.39, 0.29) is 18.4 Å². The number of nitriles is 1. The number of hydrogen-bond acceptors (Lipinski definition) is 4. The second-order valence-corrected chi connectivity index (χ2v) is 4.63. The van der Waals surface area contributed by atoms with E-state index in [0.717, 1.165) is 18.5 Å². The van der Waals surface area contributed by atoms with E-state index in [4.69, 9.17) is 4.74 Å². The van der Waals surface area contributed by atoms with E-state index in [9.17, 15) is 10.1 Å². The van der Waals surface area contributed by atoms with E-state index in [1.807, 2.05) is 35.2 Å². The Morgan fingerprint density at radius 2 is 2.05 bits per heavy atom. The summed E-state index contributed by atoms with van der Waals surface area (Å²) in [5, 5.41) is 9.34. The molecular weight excluding hydrogens is 252 g/mol. The molecular formula is C16H22N2O2. The normalized spacial score (nSPS) is 11.9. The lowest BCUT2D eigenvalue weighted by Crippen LogP contribution is -2.34. The topological polar surface area (TPSA) is 53.3 Å². The maximum Gasteiger partial charge on any atom is 0.320 e. The Morgan fingerprint density at radius 1 is 1.35 bits per heavy atom.